The summed E-state index contributed by atoms with van der Waals surface area (Å²) in [4.78, 5) is 10.7. The topological polar surface area (TPSA) is 82.1 Å². The van der Waals surface area contributed by atoms with Crippen molar-refractivity contribution in [2.45, 2.75) is 17.9 Å². The number of hydrogen-bond donors (Lipinski definition) is 3. The van der Waals surface area contributed by atoms with Gasteiger partial charge in [0.05, 0.1) is 6.42 Å². The summed E-state index contributed by atoms with van der Waals surface area (Å²) in [7, 11) is 0. The maximum absolute atomic E-state index is 10.7. The van der Waals surface area contributed by atoms with Gasteiger partial charge in [0.2, 0.25) is 0 Å². The van der Waals surface area contributed by atoms with E-state index in [0.29, 0.717) is 5.56 Å². The molecule has 78 valence electrons. The summed E-state index contributed by atoms with van der Waals surface area (Å²) in [6.45, 7) is 0. The normalized spacial score (nSPS) is 35.3. The van der Waals surface area contributed by atoms with Gasteiger partial charge in [0.1, 0.15) is 0 Å². The number of fused-ring (bicyclic) bond motifs is 3. The van der Waals surface area contributed by atoms with Crippen molar-refractivity contribution in [2.75, 3.05) is 5.32 Å². The van der Waals surface area contributed by atoms with E-state index in [2.05, 4.69) is 5.32 Å². The largest absolute Gasteiger partial charge is 0.481 e. The summed E-state index contributed by atoms with van der Waals surface area (Å²) in [6, 6.07) is 7.15. The number of carboxylic acids is 1. The molecule has 0 aromatic heterocycles. The van der Waals surface area contributed by atoms with E-state index in [0.717, 1.165) is 5.69 Å². The molecular weight excluding hydrogens is 198 g/mol. The molecule has 1 saturated heterocycles. The minimum atomic E-state index is -1.53. The Balaban J connectivity index is 2.08. The third kappa shape index (κ3) is 0.912. The number of aliphatic hydroxyl groups is 1. The number of anilines is 1. The van der Waals surface area contributed by atoms with Gasteiger partial charge in [-0.25, -0.2) is 0 Å². The fourth-order valence-corrected chi connectivity index (χ4v) is 2.18. The zero-order valence-electron chi connectivity index (χ0n) is 7.73. The summed E-state index contributed by atoms with van der Waals surface area (Å²) in [5.41, 5.74) is 0.331. The molecule has 5 heteroatoms. The highest BCUT2D eigenvalue weighted by atomic mass is 16.8. The van der Waals surface area contributed by atoms with Gasteiger partial charge < -0.3 is 20.3 Å². The van der Waals surface area contributed by atoms with Crippen molar-refractivity contribution >= 4 is 11.7 Å². The molecule has 5 nitrogen and oxygen atoms in total. The molecule has 2 aliphatic rings. The monoisotopic (exact) mass is 207 g/mol. The number of rotatable bonds is 2. The Morgan fingerprint density at radius 3 is 2.93 bits per heavy atom. The Kier molecular flexibility index (Phi) is 1.34. The summed E-state index contributed by atoms with van der Waals surface area (Å²) in [5.74, 6) is -2.53. The standard InChI is InChI=1S/C10H9NO4/c12-8(13)5-9-6-3-1-2-4-7(6)11-10(9,14)15-9/h1-4,11,14H,5H2,(H,12,13)/t9-,10-/m1/s1. The van der Waals surface area contributed by atoms with E-state index in [9.17, 15) is 9.90 Å². The van der Waals surface area contributed by atoms with Gasteiger partial charge in [-0.3, -0.25) is 4.79 Å². The van der Waals surface area contributed by atoms with Crippen LogP contribution in [0, 0.1) is 0 Å². The molecule has 0 unspecified atom stereocenters. The lowest BCUT2D eigenvalue weighted by Crippen LogP contribution is -2.26. The van der Waals surface area contributed by atoms with E-state index < -0.39 is 17.5 Å². The predicted molar refractivity (Wildman–Crippen MR) is 50.0 cm³/mol. The van der Waals surface area contributed by atoms with Gasteiger partial charge in [-0.15, -0.1) is 0 Å². The molecule has 1 fully saturated rings. The van der Waals surface area contributed by atoms with Crippen LogP contribution in [-0.4, -0.2) is 22.1 Å². The summed E-state index contributed by atoms with van der Waals surface area (Å²) >= 11 is 0. The number of epoxide rings is 1. The van der Waals surface area contributed by atoms with Gasteiger partial charge in [-0.05, 0) is 6.07 Å². The van der Waals surface area contributed by atoms with Crippen molar-refractivity contribution in [1.29, 1.82) is 0 Å². The van der Waals surface area contributed by atoms with Crippen molar-refractivity contribution in [3.8, 4) is 0 Å². The first-order valence-corrected chi connectivity index (χ1v) is 4.59. The molecule has 2 aliphatic heterocycles. The SMILES string of the molecule is O=C(O)C[C@]12O[C@@]1(O)Nc1ccccc12. The third-order valence-corrected chi connectivity index (χ3v) is 2.89. The van der Waals surface area contributed by atoms with Crippen LogP contribution in [0.25, 0.3) is 0 Å². The van der Waals surface area contributed by atoms with Gasteiger partial charge in [0.25, 0.3) is 5.91 Å². The molecule has 15 heavy (non-hydrogen) atoms. The molecule has 3 rings (SSSR count). The molecule has 0 saturated carbocycles. The highest BCUT2D eigenvalue weighted by molar-refractivity contribution is 5.74. The van der Waals surface area contributed by atoms with E-state index in [1.807, 2.05) is 6.07 Å². The fourth-order valence-electron chi connectivity index (χ4n) is 2.18. The van der Waals surface area contributed by atoms with E-state index in [-0.39, 0.29) is 6.42 Å². The Labute approximate surface area is 85.3 Å². The Hall–Kier alpha value is -1.59. The molecule has 3 N–H and O–H groups in total. The summed E-state index contributed by atoms with van der Waals surface area (Å²) < 4.78 is 5.13. The van der Waals surface area contributed by atoms with Gasteiger partial charge in [0.15, 0.2) is 5.60 Å². The van der Waals surface area contributed by atoms with Crippen LogP contribution in [0.4, 0.5) is 5.69 Å². The Bertz CT molecular complexity index is 460. The lowest BCUT2D eigenvalue weighted by atomic mass is 9.95. The van der Waals surface area contributed by atoms with Crippen LogP contribution < -0.4 is 5.32 Å². The van der Waals surface area contributed by atoms with Gasteiger partial charge >= 0.3 is 5.97 Å². The van der Waals surface area contributed by atoms with Crippen molar-refractivity contribution in [3.05, 3.63) is 29.8 Å². The van der Waals surface area contributed by atoms with Crippen LogP contribution >= 0.6 is 0 Å². The highest BCUT2D eigenvalue weighted by Crippen LogP contribution is 2.62. The number of carboxylic acid groups (broad SMARTS) is 1. The molecule has 0 aliphatic carbocycles. The minimum absolute atomic E-state index is 0.243. The molecule has 0 bridgehead atoms. The van der Waals surface area contributed by atoms with Crippen LogP contribution in [0.1, 0.15) is 12.0 Å². The highest BCUT2D eigenvalue weighted by Gasteiger charge is 2.76. The quantitative estimate of drug-likeness (QED) is 0.614. The van der Waals surface area contributed by atoms with Crippen LogP contribution in [0.2, 0.25) is 0 Å². The van der Waals surface area contributed by atoms with Crippen molar-refractivity contribution in [1.82, 2.24) is 0 Å². The van der Waals surface area contributed by atoms with Crippen LogP contribution in [-0.2, 0) is 15.1 Å². The van der Waals surface area contributed by atoms with E-state index in [1.54, 1.807) is 18.2 Å². The molecule has 2 atom stereocenters. The fraction of sp³-hybridized carbons (Fsp3) is 0.300. The van der Waals surface area contributed by atoms with Gasteiger partial charge in [-0.1, -0.05) is 18.2 Å². The second-order valence-electron chi connectivity index (χ2n) is 3.81. The zero-order chi connectivity index (χ0) is 10.7. The number of nitrogens with one attached hydrogen (secondary N) is 1. The average Bonchev–Trinajstić information content (AvgIpc) is 2.63. The molecule has 0 spiro atoms. The molecule has 0 radical (unpaired) electrons. The van der Waals surface area contributed by atoms with Crippen LogP contribution in [0.5, 0.6) is 0 Å². The maximum atomic E-state index is 10.7. The molecule has 1 aromatic carbocycles. The second-order valence-corrected chi connectivity index (χ2v) is 3.81. The van der Waals surface area contributed by atoms with Crippen LogP contribution in [0.3, 0.4) is 0 Å². The molecule has 1 aromatic rings. The van der Waals surface area contributed by atoms with Crippen molar-refractivity contribution in [3.63, 3.8) is 0 Å². The van der Waals surface area contributed by atoms with Gasteiger partial charge in [0, 0.05) is 11.3 Å². The van der Waals surface area contributed by atoms with Gasteiger partial charge in [-0.2, -0.15) is 0 Å². The smallest absolute Gasteiger partial charge is 0.306 e. The van der Waals surface area contributed by atoms with Crippen molar-refractivity contribution < 1.29 is 19.7 Å². The number of aliphatic carboxylic acids is 1. The number of carbonyl (C=O) groups is 1. The number of ether oxygens (including phenoxy) is 1. The zero-order valence-corrected chi connectivity index (χ0v) is 7.73. The Morgan fingerprint density at radius 2 is 2.20 bits per heavy atom. The molecule has 2 heterocycles. The molecular formula is C10H9NO4. The Morgan fingerprint density at radius 1 is 1.47 bits per heavy atom. The summed E-state index contributed by atoms with van der Waals surface area (Å²) in [5, 5.41) is 21.4. The van der Waals surface area contributed by atoms with E-state index >= 15 is 0 Å². The molecule has 0 amide bonds. The minimum Gasteiger partial charge on any atom is -0.481 e. The predicted octanol–water partition coefficient (Wildman–Crippen LogP) is 0.458. The second kappa shape index (κ2) is 2.32. The first-order chi connectivity index (χ1) is 7.07. The number of hydrogen-bond acceptors (Lipinski definition) is 4. The average molecular weight is 207 g/mol. The first kappa shape index (κ1) is 8.70. The first-order valence-electron chi connectivity index (χ1n) is 4.59. The lowest BCUT2D eigenvalue weighted by molar-refractivity contribution is -0.138. The number of para-hydroxylation sites is 1. The van der Waals surface area contributed by atoms with Crippen molar-refractivity contribution in [2.24, 2.45) is 0 Å². The lowest BCUT2D eigenvalue weighted by Gasteiger charge is -2.06. The van der Waals surface area contributed by atoms with E-state index in [1.165, 1.54) is 0 Å². The maximum Gasteiger partial charge on any atom is 0.306 e. The van der Waals surface area contributed by atoms with E-state index in [4.69, 9.17) is 9.84 Å². The third-order valence-electron chi connectivity index (χ3n) is 2.89. The summed E-state index contributed by atoms with van der Waals surface area (Å²) in [6.07, 6.45) is -0.243. The van der Waals surface area contributed by atoms with Crippen LogP contribution in [0.15, 0.2) is 24.3 Å². The number of benzene rings is 1.